The summed E-state index contributed by atoms with van der Waals surface area (Å²) in [6.45, 7) is 6.83. The molecule has 1 aliphatic heterocycles. The van der Waals surface area contributed by atoms with Gasteiger partial charge in [0.05, 0.1) is 6.54 Å². The van der Waals surface area contributed by atoms with Crippen LogP contribution in [0.2, 0.25) is 5.15 Å². The van der Waals surface area contributed by atoms with E-state index in [0.717, 1.165) is 60.6 Å². The maximum absolute atomic E-state index is 6.07. The zero-order chi connectivity index (χ0) is 20.7. The minimum atomic E-state index is 0.276. The largest absolute Gasteiger partial charge is 0.491 e. The van der Waals surface area contributed by atoms with Crippen LogP contribution in [-0.2, 0) is 19.4 Å². The number of nitrogens with zero attached hydrogens (tertiary/aromatic N) is 4. The molecular formula is C24H24ClN4O. The summed E-state index contributed by atoms with van der Waals surface area (Å²) in [7, 11) is 0. The van der Waals surface area contributed by atoms with Crippen molar-refractivity contribution in [3.05, 3.63) is 64.8 Å². The van der Waals surface area contributed by atoms with E-state index in [0.29, 0.717) is 11.8 Å². The molecule has 0 atom stereocenters. The number of hydrogen-bond donors (Lipinski definition) is 0. The van der Waals surface area contributed by atoms with Gasteiger partial charge in [-0.2, -0.15) is 0 Å². The first-order valence-corrected chi connectivity index (χ1v) is 10.7. The SMILES string of the molecule is CC1(C)CCc2ncnc(N3CCOc4ccc(-c5c[c]c(Cl)nc5)cc4C3)c2C1. The molecule has 0 fully saturated rings. The van der Waals surface area contributed by atoms with Crippen LogP contribution in [0.3, 0.4) is 0 Å². The Kier molecular flexibility index (Phi) is 4.86. The molecule has 0 amide bonds. The van der Waals surface area contributed by atoms with Crippen molar-refractivity contribution in [2.24, 2.45) is 5.41 Å². The lowest BCUT2D eigenvalue weighted by molar-refractivity contribution is 0.310. The van der Waals surface area contributed by atoms with Gasteiger partial charge in [0.25, 0.3) is 0 Å². The molecule has 0 unspecified atom stereocenters. The summed E-state index contributed by atoms with van der Waals surface area (Å²) in [5.41, 5.74) is 5.97. The highest BCUT2D eigenvalue weighted by molar-refractivity contribution is 6.29. The highest BCUT2D eigenvalue weighted by Crippen LogP contribution is 2.38. The molecule has 0 N–H and O–H groups in total. The van der Waals surface area contributed by atoms with E-state index in [-0.39, 0.29) is 5.41 Å². The molecule has 1 aliphatic carbocycles. The van der Waals surface area contributed by atoms with Crippen LogP contribution in [0.15, 0.2) is 36.8 Å². The van der Waals surface area contributed by atoms with Gasteiger partial charge in [-0.25, -0.2) is 15.0 Å². The molecule has 153 valence electrons. The van der Waals surface area contributed by atoms with Gasteiger partial charge in [0.2, 0.25) is 0 Å². The minimum Gasteiger partial charge on any atom is -0.491 e. The van der Waals surface area contributed by atoms with Gasteiger partial charge in [-0.15, -0.1) is 0 Å². The molecule has 3 heterocycles. The smallest absolute Gasteiger partial charge is 0.136 e. The number of fused-ring (bicyclic) bond motifs is 2. The number of halogens is 1. The van der Waals surface area contributed by atoms with Crippen molar-refractivity contribution in [3.63, 3.8) is 0 Å². The Balaban J connectivity index is 1.50. The van der Waals surface area contributed by atoms with Gasteiger partial charge in [0.1, 0.15) is 29.7 Å². The molecule has 0 spiro atoms. The van der Waals surface area contributed by atoms with E-state index in [1.807, 2.05) is 12.1 Å². The molecule has 3 aromatic rings. The van der Waals surface area contributed by atoms with Gasteiger partial charge < -0.3 is 9.64 Å². The predicted octanol–water partition coefficient (Wildman–Crippen LogP) is 4.91. The van der Waals surface area contributed by atoms with Gasteiger partial charge in [0, 0.05) is 41.2 Å². The predicted molar refractivity (Wildman–Crippen MR) is 118 cm³/mol. The Morgan fingerprint density at radius 3 is 2.90 bits per heavy atom. The minimum absolute atomic E-state index is 0.276. The van der Waals surface area contributed by atoms with Crippen LogP contribution < -0.4 is 9.64 Å². The van der Waals surface area contributed by atoms with Crippen LogP contribution in [0.5, 0.6) is 5.75 Å². The van der Waals surface area contributed by atoms with Crippen LogP contribution >= 0.6 is 11.6 Å². The number of ether oxygens (including phenoxy) is 1. The van der Waals surface area contributed by atoms with Crippen molar-refractivity contribution in [1.82, 2.24) is 15.0 Å². The standard InChI is InChI=1S/C24H24ClN4O/c1-24(2)8-7-20-19(12-24)23(28-15-27-20)29-9-10-30-21-5-3-16(11-18(21)14-29)17-4-6-22(25)26-13-17/h3-5,11,13,15H,7-10,12,14H2,1-2H3. The maximum Gasteiger partial charge on any atom is 0.136 e. The molecule has 0 saturated heterocycles. The van der Waals surface area contributed by atoms with E-state index >= 15 is 0 Å². The van der Waals surface area contributed by atoms with E-state index in [1.165, 1.54) is 11.3 Å². The Hall–Kier alpha value is -2.66. The fourth-order valence-corrected chi connectivity index (χ4v) is 4.48. The van der Waals surface area contributed by atoms with E-state index in [1.54, 1.807) is 12.5 Å². The summed E-state index contributed by atoms with van der Waals surface area (Å²) in [6.07, 6.45) is 6.68. The first kappa shape index (κ1) is 19.3. The zero-order valence-electron chi connectivity index (χ0n) is 17.3. The molecule has 5 nitrogen and oxygen atoms in total. The summed E-state index contributed by atoms with van der Waals surface area (Å²) >= 11 is 5.90. The van der Waals surface area contributed by atoms with Crippen molar-refractivity contribution in [2.45, 2.75) is 39.7 Å². The molecular weight excluding hydrogens is 396 g/mol. The maximum atomic E-state index is 6.07. The zero-order valence-corrected chi connectivity index (χ0v) is 18.0. The molecule has 30 heavy (non-hydrogen) atoms. The topological polar surface area (TPSA) is 51.1 Å². The summed E-state index contributed by atoms with van der Waals surface area (Å²) in [4.78, 5) is 15.8. The second kappa shape index (κ2) is 7.55. The van der Waals surface area contributed by atoms with Crippen LogP contribution in [-0.4, -0.2) is 28.1 Å². The van der Waals surface area contributed by atoms with Gasteiger partial charge in [-0.3, -0.25) is 0 Å². The molecule has 2 aromatic heterocycles. The molecule has 2 aliphatic rings. The highest BCUT2D eigenvalue weighted by atomic mass is 35.5. The average molecular weight is 420 g/mol. The summed E-state index contributed by atoms with van der Waals surface area (Å²) in [5, 5.41) is 0.375. The van der Waals surface area contributed by atoms with E-state index in [9.17, 15) is 0 Å². The van der Waals surface area contributed by atoms with Crippen molar-refractivity contribution < 1.29 is 4.74 Å². The quantitative estimate of drug-likeness (QED) is 0.552. The number of pyridine rings is 1. The summed E-state index contributed by atoms with van der Waals surface area (Å²) in [5.74, 6) is 1.98. The molecule has 1 radical (unpaired) electrons. The molecule has 6 heteroatoms. The molecule has 0 saturated carbocycles. The van der Waals surface area contributed by atoms with Gasteiger partial charge in [-0.1, -0.05) is 31.5 Å². The van der Waals surface area contributed by atoms with Crippen LogP contribution in [0, 0.1) is 11.5 Å². The lowest BCUT2D eigenvalue weighted by Crippen LogP contribution is -2.31. The second-order valence-electron chi connectivity index (χ2n) is 8.85. The highest BCUT2D eigenvalue weighted by Gasteiger charge is 2.30. The van der Waals surface area contributed by atoms with E-state index < -0.39 is 0 Å². The van der Waals surface area contributed by atoms with Gasteiger partial charge >= 0.3 is 0 Å². The van der Waals surface area contributed by atoms with Crippen molar-refractivity contribution in [2.75, 3.05) is 18.1 Å². The number of aromatic nitrogens is 3. The fraction of sp³-hybridized carbons (Fsp3) is 0.375. The van der Waals surface area contributed by atoms with E-state index in [2.05, 4.69) is 46.9 Å². The van der Waals surface area contributed by atoms with Crippen molar-refractivity contribution >= 4 is 17.4 Å². The Morgan fingerprint density at radius 1 is 1.17 bits per heavy atom. The average Bonchev–Trinajstić information content (AvgIpc) is 2.95. The van der Waals surface area contributed by atoms with Crippen LogP contribution in [0.4, 0.5) is 5.82 Å². The fourth-order valence-electron chi connectivity index (χ4n) is 4.38. The molecule has 1 aromatic carbocycles. The summed E-state index contributed by atoms with van der Waals surface area (Å²) in [6, 6.07) is 11.1. The number of anilines is 1. The first-order chi connectivity index (χ1) is 14.5. The Morgan fingerprint density at radius 2 is 2.07 bits per heavy atom. The van der Waals surface area contributed by atoms with Crippen LogP contribution in [0.1, 0.15) is 37.1 Å². The van der Waals surface area contributed by atoms with Crippen LogP contribution in [0.25, 0.3) is 11.1 Å². The number of aryl methyl sites for hydroxylation is 1. The third kappa shape index (κ3) is 3.74. The lowest BCUT2D eigenvalue weighted by Gasteiger charge is -2.33. The third-order valence-corrected chi connectivity index (χ3v) is 6.25. The monoisotopic (exact) mass is 419 g/mol. The molecule has 0 bridgehead atoms. The van der Waals surface area contributed by atoms with Crippen molar-refractivity contribution in [3.8, 4) is 16.9 Å². The van der Waals surface area contributed by atoms with Crippen molar-refractivity contribution in [1.29, 1.82) is 0 Å². The van der Waals surface area contributed by atoms with Gasteiger partial charge in [-0.05, 0) is 48.4 Å². The first-order valence-electron chi connectivity index (χ1n) is 10.4. The second-order valence-corrected chi connectivity index (χ2v) is 9.21. The molecule has 5 rings (SSSR count). The van der Waals surface area contributed by atoms with E-state index in [4.69, 9.17) is 21.3 Å². The number of rotatable bonds is 2. The normalized spacial score (nSPS) is 17.5. The third-order valence-electron chi connectivity index (χ3n) is 6.04. The number of hydrogen-bond acceptors (Lipinski definition) is 5. The lowest BCUT2D eigenvalue weighted by atomic mass is 9.76. The summed E-state index contributed by atoms with van der Waals surface area (Å²) < 4.78 is 6.07. The van der Waals surface area contributed by atoms with Gasteiger partial charge in [0.15, 0.2) is 0 Å². The Labute approximate surface area is 182 Å². The Bertz CT molecular complexity index is 1080. The number of benzene rings is 1.